The number of anilines is 1. The van der Waals surface area contributed by atoms with Gasteiger partial charge in [-0.2, -0.15) is 0 Å². The van der Waals surface area contributed by atoms with Crippen LogP contribution in [0, 0.1) is 13.8 Å². The molecule has 20 heavy (non-hydrogen) atoms. The summed E-state index contributed by atoms with van der Waals surface area (Å²) in [5.74, 6) is -0.153. The van der Waals surface area contributed by atoms with Gasteiger partial charge in [0.2, 0.25) is 0 Å². The number of rotatable bonds is 1. The Labute approximate surface area is 117 Å². The number of nitrogens with one attached hydrogen (secondary N) is 1. The molecule has 5 nitrogen and oxygen atoms in total. The predicted molar refractivity (Wildman–Crippen MR) is 74.7 cm³/mol. The highest BCUT2D eigenvalue weighted by molar-refractivity contribution is 6.23. The van der Waals surface area contributed by atoms with Crippen LogP contribution in [-0.2, 0) is 9.53 Å². The van der Waals surface area contributed by atoms with Crippen LogP contribution in [0.5, 0.6) is 0 Å². The number of carbonyl (C=O) groups is 2. The number of aryl methyl sites for hydroxylation is 2. The lowest BCUT2D eigenvalue weighted by Gasteiger charge is -2.30. The van der Waals surface area contributed by atoms with Gasteiger partial charge in [0.25, 0.3) is 5.91 Å². The third-order valence-corrected chi connectivity index (χ3v) is 4.11. The molecule has 0 saturated carbocycles. The van der Waals surface area contributed by atoms with Crippen LogP contribution >= 0.6 is 0 Å². The minimum Gasteiger partial charge on any atom is -0.381 e. The highest BCUT2D eigenvalue weighted by atomic mass is 16.5. The summed E-state index contributed by atoms with van der Waals surface area (Å²) >= 11 is 0. The van der Waals surface area contributed by atoms with E-state index in [-0.39, 0.29) is 11.9 Å². The van der Waals surface area contributed by atoms with Crippen molar-refractivity contribution in [3.8, 4) is 0 Å². The van der Waals surface area contributed by atoms with Crippen molar-refractivity contribution in [3.05, 3.63) is 29.3 Å². The topological polar surface area (TPSA) is 58.6 Å². The lowest BCUT2D eigenvalue weighted by atomic mass is 9.90. The average Bonchev–Trinajstić information content (AvgIpc) is 2.65. The van der Waals surface area contributed by atoms with Crippen molar-refractivity contribution in [1.82, 2.24) is 5.32 Å². The summed E-state index contributed by atoms with van der Waals surface area (Å²) in [6, 6.07) is 5.46. The fourth-order valence-corrected chi connectivity index (χ4v) is 2.86. The van der Waals surface area contributed by atoms with E-state index in [0.717, 1.165) is 11.1 Å². The Morgan fingerprint density at radius 2 is 1.90 bits per heavy atom. The summed E-state index contributed by atoms with van der Waals surface area (Å²) in [6.07, 6.45) is 1.08. The van der Waals surface area contributed by atoms with Crippen molar-refractivity contribution in [2.24, 2.45) is 0 Å². The minimum atomic E-state index is -0.772. The van der Waals surface area contributed by atoms with Gasteiger partial charge in [-0.3, -0.25) is 4.79 Å². The summed E-state index contributed by atoms with van der Waals surface area (Å²) in [6.45, 7) is 4.87. The molecule has 2 heterocycles. The molecule has 1 spiro atoms. The highest BCUT2D eigenvalue weighted by Crippen LogP contribution is 2.33. The molecule has 3 amide bonds. The number of benzene rings is 1. The smallest absolute Gasteiger partial charge is 0.329 e. The van der Waals surface area contributed by atoms with Crippen LogP contribution in [0.15, 0.2) is 18.2 Å². The summed E-state index contributed by atoms with van der Waals surface area (Å²) in [7, 11) is 0. The molecule has 5 heteroatoms. The van der Waals surface area contributed by atoms with Crippen molar-refractivity contribution in [3.63, 3.8) is 0 Å². The second-order valence-electron chi connectivity index (χ2n) is 5.56. The van der Waals surface area contributed by atoms with Crippen molar-refractivity contribution >= 4 is 17.6 Å². The molecule has 0 radical (unpaired) electrons. The maximum absolute atomic E-state index is 12.7. The van der Waals surface area contributed by atoms with Crippen LogP contribution in [-0.4, -0.2) is 30.7 Å². The summed E-state index contributed by atoms with van der Waals surface area (Å²) < 4.78 is 5.30. The van der Waals surface area contributed by atoms with Gasteiger partial charge in [0, 0.05) is 26.1 Å². The molecule has 0 aromatic heterocycles. The zero-order valence-electron chi connectivity index (χ0n) is 11.7. The van der Waals surface area contributed by atoms with E-state index in [0.29, 0.717) is 31.7 Å². The monoisotopic (exact) mass is 274 g/mol. The van der Waals surface area contributed by atoms with E-state index in [1.165, 1.54) is 4.90 Å². The van der Waals surface area contributed by atoms with E-state index in [9.17, 15) is 9.59 Å². The Morgan fingerprint density at radius 3 is 2.60 bits per heavy atom. The molecule has 1 aromatic rings. The van der Waals surface area contributed by atoms with E-state index in [1.54, 1.807) is 0 Å². The second kappa shape index (κ2) is 4.59. The molecule has 2 saturated heterocycles. The van der Waals surface area contributed by atoms with Crippen LogP contribution in [0.3, 0.4) is 0 Å². The molecular weight excluding hydrogens is 256 g/mol. The normalized spacial score (nSPS) is 21.4. The number of amides is 3. The van der Waals surface area contributed by atoms with E-state index >= 15 is 0 Å². The van der Waals surface area contributed by atoms with Gasteiger partial charge < -0.3 is 10.1 Å². The Balaban J connectivity index is 2.00. The number of carbonyl (C=O) groups excluding carboxylic acids is 2. The van der Waals surface area contributed by atoms with Gasteiger partial charge in [0.15, 0.2) is 0 Å². The Kier molecular flexibility index (Phi) is 3.01. The number of hydrogen-bond acceptors (Lipinski definition) is 3. The van der Waals surface area contributed by atoms with Gasteiger partial charge >= 0.3 is 6.03 Å². The molecule has 2 aliphatic rings. The number of hydrogen-bond donors (Lipinski definition) is 1. The largest absolute Gasteiger partial charge is 0.381 e. The Hall–Kier alpha value is -1.88. The van der Waals surface area contributed by atoms with E-state index in [4.69, 9.17) is 4.74 Å². The van der Waals surface area contributed by atoms with Crippen LogP contribution in [0.1, 0.15) is 24.0 Å². The van der Waals surface area contributed by atoms with Gasteiger partial charge in [-0.25, -0.2) is 9.69 Å². The van der Waals surface area contributed by atoms with Crippen molar-refractivity contribution in [2.45, 2.75) is 32.2 Å². The first-order chi connectivity index (χ1) is 9.53. The van der Waals surface area contributed by atoms with Crippen LogP contribution < -0.4 is 10.2 Å². The molecule has 2 fully saturated rings. The van der Waals surface area contributed by atoms with Gasteiger partial charge in [-0.1, -0.05) is 12.1 Å². The van der Waals surface area contributed by atoms with Crippen LogP contribution in [0.4, 0.5) is 10.5 Å². The van der Waals surface area contributed by atoms with Gasteiger partial charge in [-0.05, 0) is 31.0 Å². The fraction of sp³-hybridized carbons (Fsp3) is 0.467. The average molecular weight is 274 g/mol. The second-order valence-corrected chi connectivity index (χ2v) is 5.56. The number of ether oxygens (including phenoxy) is 1. The van der Waals surface area contributed by atoms with E-state index in [2.05, 4.69) is 5.32 Å². The van der Waals surface area contributed by atoms with E-state index < -0.39 is 5.54 Å². The maximum atomic E-state index is 12.7. The number of nitrogens with zero attached hydrogens (tertiary/aromatic N) is 1. The first-order valence-corrected chi connectivity index (χ1v) is 6.85. The lowest BCUT2D eigenvalue weighted by molar-refractivity contribution is -0.125. The fourth-order valence-electron chi connectivity index (χ4n) is 2.86. The quantitative estimate of drug-likeness (QED) is 0.796. The minimum absolute atomic E-state index is 0.153. The first kappa shape index (κ1) is 13.1. The first-order valence-electron chi connectivity index (χ1n) is 6.85. The molecule has 3 rings (SSSR count). The number of imide groups is 1. The van der Waals surface area contributed by atoms with Gasteiger partial charge in [0.05, 0.1) is 5.69 Å². The van der Waals surface area contributed by atoms with Gasteiger partial charge in [-0.15, -0.1) is 0 Å². The summed E-state index contributed by atoms with van der Waals surface area (Å²) in [4.78, 5) is 26.3. The molecule has 106 valence electrons. The molecule has 2 aliphatic heterocycles. The zero-order chi connectivity index (χ0) is 14.3. The molecule has 0 unspecified atom stereocenters. The van der Waals surface area contributed by atoms with Crippen molar-refractivity contribution in [1.29, 1.82) is 0 Å². The van der Waals surface area contributed by atoms with Crippen LogP contribution in [0.25, 0.3) is 0 Å². The molecule has 1 aromatic carbocycles. The standard InChI is InChI=1S/C15H18N2O3/c1-10-3-4-11(2)12(9-10)17-13(18)15(16-14(17)19)5-7-20-8-6-15/h3-4,9H,5-8H2,1-2H3,(H,16,19). The molecule has 1 N–H and O–H groups in total. The molecular formula is C15H18N2O3. The molecule has 0 aliphatic carbocycles. The Morgan fingerprint density at radius 1 is 1.20 bits per heavy atom. The maximum Gasteiger partial charge on any atom is 0.329 e. The summed E-state index contributed by atoms with van der Waals surface area (Å²) in [5.41, 5.74) is 1.85. The van der Waals surface area contributed by atoms with Crippen LogP contribution in [0.2, 0.25) is 0 Å². The lowest BCUT2D eigenvalue weighted by Crippen LogP contribution is -2.51. The Bertz CT molecular complexity index is 576. The van der Waals surface area contributed by atoms with Gasteiger partial charge in [0.1, 0.15) is 5.54 Å². The third-order valence-electron chi connectivity index (χ3n) is 4.11. The highest BCUT2D eigenvalue weighted by Gasteiger charge is 2.52. The SMILES string of the molecule is Cc1ccc(C)c(N2C(=O)NC3(CCOCC3)C2=O)c1. The van der Waals surface area contributed by atoms with Crippen molar-refractivity contribution < 1.29 is 14.3 Å². The number of urea groups is 1. The molecule has 0 atom stereocenters. The third kappa shape index (κ3) is 1.89. The summed E-state index contributed by atoms with van der Waals surface area (Å²) in [5, 5.41) is 2.87. The van der Waals surface area contributed by atoms with E-state index in [1.807, 2.05) is 32.0 Å². The van der Waals surface area contributed by atoms with Crippen molar-refractivity contribution in [2.75, 3.05) is 18.1 Å². The predicted octanol–water partition coefficient (Wildman–Crippen LogP) is 1.91. The molecule has 0 bridgehead atoms. The zero-order valence-corrected chi connectivity index (χ0v) is 11.7.